The molecule has 0 spiro atoms. The molecule has 1 fully saturated rings. The molecule has 3 heteroatoms. The highest BCUT2D eigenvalue weighted by Gasteiger charge is 2.31. The van der Waals surface area contributed by atoms with Crippen molar-refractivity contribution < 1.29 is 9.47 Å². The fourth-order valence-electron chi connectivity index (χ4n) is 2.71. The van der Waals surface area contributed by atoms with E-state index in [1.54, 1.807) is 0 Å². The SMILES string of the molecule is C[C@@H](c1ccccc1)N1CC(OCOCc2ccccc2)C1. The van der Waals surface area contributed by atoms with Gasteiger partial charge in [-0.1, -0.05) is 60.7 Å². The second-order valence-corrected chi connectivity index (χ2v) is 5.78. The van der Waals surface area contributed by atoms with E-state index in [1.807, 2.05) is 18.2 Å². The Morgan fingerprint density at radius 1 is 1.00 bits per heavy atom. The van der Waals surface area contributed by atoms with Crippen LogP contribution in [0.3, 0.4) is 0 Å². The first-order valence-electron chi connectivity index (χ1n) is 7.85. The molecule has 1 atom stereocenters. The van der Waals surface area contributed by atoms with E-state index in [9.17, 15) is 0 Å². The van der Waals surface area contributed by atoms with Gasteiger partial charge in [0, 0.05) is 19.1 Å². The van der Waals surface area contributed by atoms with Crippen LogP contribution in [0.2, 0.25) is 0 Å². The molecule has 0 amide bonds. The molecule has 1 aliphatic heterocycles. The Morgan fingerprint density at radius 3 is 2.32 bits per heavy atom. The molecule has 3 nitrogen and oxygen atoms in total. The summed E-state index contributed by atoms with van der Waals surface area (Å²) in [6.07, 6.45) is 0.293. The topological polar surface area (TPSA) is 21.7 Å². The Balaban J connectivity index is 1.32. The maximum absolute atomic E-state index is 5.75. The average molecular weight is 297 g/mol. The molecular weight excluding hydrogens is 274 g/mol. The Labute approximate surface area is 132 Å². The van der Waals surface area contributed by atoms with Crippen molar-refractivity contribution in [2.45, 2.75) is 25.7 Å². The van der Waals surface area contributed by atoms with Crippen LogP contribution >= 0.6 is 0 Å². The number of rotatable bonds is 7. The third kappa shape index (κ3) is 3.95. The van der Waals surface area contributed by atoms with Gasteiger partial charge in [-0.15, -0.1) is 0 Å². The van der Waals surface area contributed by atoms with Crippen molar-refractivity contribution >= 4 is 0 Å². The summed E-state index contributed by atoms with van der Waals surface area (Å²) in [5.41, 5.74) is 2.54. The van der Waals surface area contributed by atoms with Crippen LogP contribution in [0.25, 0.3) is 0 Å². The Hall–Kier alpha value is -1.68. The van der Waals surface area contributed by atoms with E-state index in [-0.39, 0.29) is 0 Å². The quantitative estimate of drug-likeness (QED) is 0.575. The van der Waals surface area contributed by atoms with Crippen LogP contribution in [0.15, 0.2) is 60.7 Å². The zero-order chi connectivity index (χ0) is 15.2. The summed E-state index contributed by atoms with van der Waals surface area (Å²) in [4.78, 5) is 2.43. The van der Waals surface area contributed by atoms with Crippen molar-refractivity contribution in [2.24, 2.45) is 0 Å². The molecule has 1 heterocycles. The molecule has 22 heavy (non-hydrogen) atoms. The highest BCUT2D eigenvalue weighted by atomic mass is 16.7. The van der Waals surface area contributed by atoms with Crippen molar-refractivity contribution in [2.75, 3.05) is 19.9 Å². The summed E-state index contributed by atoms with van der Waals surface area (Å²) in [5.74, 6) is 0. The molecule has 0 bridgehead atoms. The fraction of sp³-hybridized carbons (Fsp3) is 0.368. The van der Waals surface area contributed by atoms with Gasteiger partial charge < -0.3 is 9.47 Å². The predicted octanol–water partition coefficient (Wildman–Crippen LogP) is 3.62. The van der Waals surface area contributed by atoms with Crippen LogP contribution in [-0.2, 0) is 16.1 Å². The lowest BCUT2D eigenvalue weighted by molar-refractivity contribution is -0.145. The first kappa shape index (κ1) is 15.2. The number of benzene rings is 2. The predicted molar refractivity (Wildman–Crippen MR) is 87.4 cm³/mol. The third-order valence-electron chi connectivity index (χ3n) is 4.20. The highest BCUT2D eigenvalue weighted by Crippen LogP contribution is 2.26. The molecule has 1 aliphatic rings. The smallest absolute Gasteiger partial charge is 0.147 e. The molecule has 0 N–H and O–H groups in total. The number of hydrogen-bond donors (Lipinski definition) is 0. The van der Waals surface area contributed by atoms with Crippen LogP contribution < -0.4 is 0 Å². The Kier molecular flexibility index (Phi) is 5.22. The summed E-state index contributed by atoms with van der Waals surface area (Å²) < 4.78 is 11.3. The van der Waals surface area contributed by atoms with Crippen LogP contribution in [0, 0.1) is 0 Å². The monoisotopic (exact) mass is 297 g/mol. The zero-order valence-electron chi connectivity index (χ0n) is 13.0. The van der Waals surface area contributed by atoms with Gasteiger partial charge >= 0.3 is 0 Å². The van der Waals surface area contributed by atoms with E-state index in [2.05, 4.69) is 54.3 Å². The van der Waals surface area contributed by atoms with Crippen LogP contribution in [0.4, 0.5) is 0 Å². The lowest BCUT2D eigenvalue weighted by Gasteiger charge is -2.42. The number of ether oxygens (including phenoxy) is 2. The van der Waals surface area contributed by atoms with Crippen LogP contribution in [0.1, 0.15) is 24.1 Å². The van der Waals surface area contributed by atoms with E-state index in [4.69, 9.17) is 9.47 Å². The van der Waals surface area contributed by atoms with Gasteiger partial charge in [-0.05, 0) is 18.1 Å². The molecule has 0 radical (unpaired) electrons. The molecule has 0 unspecified atom stereocenters. The lowest BCUT2D eigenvalue weighted by atomic mass is 10.0. The van der Waals surface area contributed by atoms with Crippen molar-refractivity contribution in [3.63, 3.8) is 0 Å². The minimum Gasteiger partial charge on any atom is -0.351 e. The van der Waals surface area contributed by atoms with Gasteiger partial charge in [0.25, 0.3) is 0 Å². The summed E-state index contributed by atoms with van der Waals surface area (Å²) in [7, 11) is 0. The van der Waals surface area contributed by atoms with Gasteiger partial charge in [0.1, 0.15) is 6.79 Å². The molecule has 2 aromatic rings. The van der Waals surface area contributed by atoms with E-state index >= 15 is 0 Å². The maximum atomic E-state index is 5.75. The zero-order valence-corrected chi connectivity index (χ0v) is 13.0. The molecule has 0 aliphatic carbocycles. The van der Waals surface area contributed by atoms with Gasteiger partial charge in [0.05, 0.1) is 12.7 Å². The van der Waals surface area contributed by atoms with Crippen molar-refractivity contribution in [3.05, 3.63) is 71.8 Å². The average Bonchev–Trinajstić information content (AvgIpc) is 2.54. The summed E-state index contributed by atoms with van der Waals surface area (Å²) in [5, 5.41) is 0. The maximum Gasteiger partial charge on any atom is 0.147 e. The first-order chi connectivity index (χ1) is 10.8. The van der Waals surface area contributed by atoms with Crippen molar-refractivity contribution in [3.8, 4) is 0 Å². The van der Waals surface area contributed by atoms with E-state index in [0.717, 1.165) is 13.1 Å². The molecule has 2 aromatic carbocycles. The van der Waals surface area contributed by atoms with Crippen LogP contribution in [0.5, 0.6) is 0 Å². The van der Waals surface area contributed by atoms with Crippen molar-refractivity contribution in [1.29, 1.82) is 0 Å². The van der Waals surface area contributed by atoms with Crippen molar-refractivity contribution in [1.82, 2.24) is 4.90 Å². The minimum atomic E-state index is 0.293. The highest BCUT2D eigenvalue weighted by molar-refractivity contribution is 5.19. The van der Waals surface area contributed by atoms with Gasteiger partial charge in [-0.3, -0.25) is 4.90 Å². The minimum absolute atomic E-state index is 0.293. The lowest BCUT2D eigenvalue weighted by Crippen LogP contribution is -2.53. The van der Waals surface area contributed by atoms with Gasteiger partial charge in [0.2, 0.25) is 0 Å². The number of nitrogens with zero attached hydrogens (tertiary/aromatic N) is 1. The Bertz CT molecular complexity index is 552. The number of hydrogen-bond acceptors (Lipinski definition) is 3. The molecule has 0 saturated carbocycles. The molecule has 0 aromatic heterocycles. The summed E-state index contributed by atoms with van der Waals surface area (Å²) >= 11 is 0. The largest absolute Gasteiger partial charge is 0.351 e. The standard InChI is InChI=1S/C19H23NO2/c1-16(18-10-6-3-7-11-18)20-12-19(13-20)22-15-21-14-17-8-4-2-5-9-17/h2-11,16,19H,12-15H2,1H3/t16-/m0/s1. The van der Waals surface area contributed by atoms with E-state index < -0.39 is 0 Å². The molecule has 116 valence electrons. The molecule has 3 rings (SSSR count). The Morgan fingerprint density at radius 2 is 1.64 bits per heavy atom. The molecular formula is C19H23NO2. The second kappa shape index (κ2) is 7.54. The normalized spacial score (nSPS) is 17.1. The summed E-state index contributed by atoms with van der Waals surface area (Å²) in [6.45, 7) is 5.18. The third-order valence-corrected chi connectivity index (χ3v) is 4.20. The van der Waals surface area contributed by atoms with E-state index in [1.165, 1.54) is 11.1 Å². The second-order valence-electron chi connectivity index (χ2n) is 5.78. The van der Waals surface area contributed by atoms with E-state index in [0.29, 0.717) is 25.5 Å². The molecule has 1 saturated heterocycles. The van der Waals surface area contributed by atoms with Gasteiger partial charge in [-0.2, -0.15) is 0 Å². The first-order valence-corrected chi connectivity index (χ1v) is 7.85. The van der Waals surface area contributed by atoms with Gasteiger partial charge in [0.15, 0.2) is 0 Å². The van der Waals surface area contributed by atoms with Crippen LogP contribution in [-0.4, -0.2) is 30.9 Å². The summed E-state index contributed by atoms with van der Waals surface area (Å²) in [6, 6.07) is 21.2. The fourth-order valence-corrected chi connectivity index (χ4v) is 2.71. The van der Waals surface area contributed by atoms with Gasteiger partial charge in [-0.25, -0.2) is 0 Å². The number of likely N-dealkylation sites (tertiary alicyclic amines) is 1.